The molecule has 2 aliphatic rings. The van der Waals surface area contributed by atoms with Crippen LogP contribution in [0.15, 0.2) is 18.2 Å². The minimum absolute atomic E-state index is 0.174. The lowest BCUT2D eigenvalue weighted by molar-refractivity contribution is -0.123. The van der Waals surface area contributed by atoms with Crippen LogP contribution in [0.3, 0.4) is 0 Å². The first-order chi connectivity index (χ1) is 11.1. The lowest BCUT2D eigenvalue weighted by Crippen LogP contribution is -2.29. The molecule has 1 amide bonds. The molecule has 0 radical (unpaired) electrons. The second kappa shape index (κ2) is 6.22. The van der Waals surface area contributed by atoms with Crippen molar-refractivity contribution in [2.75, 3.05) is 13.7 Å². The van der Waals surface area contributed by atoms with Gasteiger partial charge in [-0.15, -0.1) is 0 Å². The van der Waals surface area contributed by atoms with Crippen molar-refractivity contribution in [2.45, 2.75) is 38.5 Å². The lowest BCUT2D eigenvalue weighted by atomic mass is 10.0. The number of hydrogen-bond acceptors (Lipinski definition) is 3. The van der Waals surface area contributed by atoms with Crippen LogP contribution in [-0.2, 0) is 11.2 Å². The smallest absolute Gasteiger partial charge is 0.335 e. The van der Waals surface area contributed by atoms with E-state index in [1.807, 2.05) is 0 Å². The normalized spacial score (nSPS) is 21.2. The van der Waals surface area contributed by atoms with Crippen molar-refractivity contribution in [3.05, 3.63) is 29.3 Å². The van der Waals surface area contributed by atoms with Gasteiger partial charge in [0.25, 0.3) is 0 Å². The van der Waals surface area contributed by atoms with Crippen LogP contribution in [0, 0.1) is 11.3 Å². The lowest BCUT2D eigenvalue weighted by Gasteiger charge is -2.11. The highest BCUT2D eigenvalue weighted by Crippen LogP contribution is 2.62. The molecule has 2 saturated carbocycles. The number of nitrogens with one attached hydrogen (secondary N) is 1. The van der Waals surface area contributed by atoms with Gasteiger partial charge in [-0.05, 0) is 48.8 Å². The van der Waals surface area contributed by atoms with Crippen LogP contribution in [0.5, 0.6) is 5.75 Å². The van der Waals surface area contributed by atoms with Gasteiger partial charge in [-0.3, -0.25) is 4.79 Å². The molecule has 0 bridgehead atoms. The van der Waals surface area contributed by atoms with Gasteiger partial charge in [0.05, 0.1) is 12.7 Å². The van der Waals surface area contributed by atoms with E-state index in [9.17, 15) is 9.59 Å². The van der Waals surface area contributed by atoms with Crippen LogP contribution < -0.4 is 10.1 Å². The van der Waals surface area contributed by atoms with E-state index in [0.717, 1.165) is 12.0 Å². The number of benzene rings is 1. The Balaban J connectivity index is 1.52. The van der Waals surface area contributed by atoms with E-state index in [0.29, 0.717) is 24.1 Å². The quantitative estimate of drug-likeness (QED) is 0.846. The van der Waals surface area contributed by atoms with Crippen LogP contribution in [0.2, 0.25) is 0 Å². The fourth-order valence-electron chi connectivity index (χ4n) is 3.88. The molecular weight excluding hydrogens is 294 g/mol. The molecule has 0 aromatic heterocycles. The first-order valence-electron chi connectivity index (χ1n) is 8.24. The molecule has 1 unspecified atom stereocenters. The zero-order valence-electron chi connectivity index (χ0n) is 13.4. The number of ether oxygens (including phenoxy) is 1. The van der Waals surface area contributed by atoms with Crippen molar-refractivity contribution < 1.29 is 19.4 Å². The highest BCUT2D eigenvalue weighted by atomic mass is 16.5. The average molecular weight is 317 g/mol. The number of carboxylic acids is 1. The number of aromatic carboxylic acids is 1. The van der Waals surface area contributed by atoms with Crippen molar-refractivity contribution in [1.29, 1.82) is 0 Å². The predicted octanol–water partition coefficient (Wildman–Crippen LogP) is 2.63. The Morgan fingerprint density at radius 2 is 2.09 bits per heavy atom. The van der Waals surface area contributed by atoms with E-state index in [-0.39, 0.29) is 17.4 Å². The highest BCUT2D eigenvalue weighted by molar-refractivity contribution is 5.88. The summed E-state index contributed by atoms with van der Waals surface area (Å²) in [6.07, 6.45) is 6.61. The summed E-state index contributed by atoms with van der Waals surface area (Å²) in [5, 5.41) is 12.0. The molecule has 23 heavy (non-hydrogen) atoms. The molecule has 1 atom stereocenters. The first kappa shape index (κ1) is 15.8. The topological polar surface area (TPSA) is 75.6 Å². The monoisotopic (exact) mass is 317 g/mol. The van der Waals surface area contributed by atoms with E-state index in [2.05, 4.69) is 5.32 Å². The van der Waals surface area contributed by atoms with Gasteiger partial charge >= 0.3 is 5.97 Å². The Hall–Kier alpha value is -2.04. The van der Waals surface area contributed by atoms with Gasteiger partial charge in [0, 0.05) is 12.5 Å². The fourth-order valence-corrected chi connectivity index (χ4v) is 3.88. The SMILES string of the molecule is COc1cc(C(=O)O)ccc1CCNC(=O)C1CC12CCCC2. The Kier molecular flexibility index (Phi) is 4.28. The number of methoxy groups -OCH3 is 1. The van der Waals surface area contributed by atoms with E-state index >= 15 is 0 Å². The number of hydrogen-bond donors (Lipinski definition) is 2. The van der Waals surface area contributed by atoms with Crippen LogP contribution in [-0.4, -0.2) is 30.6 Å². The van der Waals surface area contributed by atoms with Crippen molar-refractivity contribution in [1.82, 2.24) is 5.32 Å². The van der Waals surface area contributed by atoms with Gasteiger partial charge in [-0.1, -0.05) is 18.9 Å². The summed E-state index contributed by atoms with van der Waals surface area (Å²) < 4.78 is 5.25. The van der Waals surface area contributed by atoms with Crippen LogP contribution in [0.1, 0.15) is 48.0 Å². The van der Waals surface area contributed by atoms with E-state index in [1.54, 1.807) is 12.1 Å². The van der Waals surface area contributed by atoms with Gasteiger partial charge in [0.1, 0.15) is 5.75 Å². The molecule has 5 heteroatoms. The van der Waals surface area contributed by atoms with Crippen molar-refractivity contribution in [3.63, 3.8) is 0 Å². The molecule has 2 N–H and O–H groups in total. The number of carboxylic acid groups (broad SMARTS) is 1. The number of rotatable bonds is 6. The molecular formula is C18H23NO4. The van der Waals surface area contributed by atoms with Gasteiger partial charge in [-0.2, -0.15) is 0 Å². The fraction of sp³-hybridized carbons (Fsp3) is 0.556. The van der Waals surface area contributed by atoms with Crippen LogP contribution >= 0.6 is 0 Å². The van der Waals surface area contributed by atoms with Crippen LogP contribution in [0.25, 0.3) is 0 Å². The second-order valence-electron chi connectivity index (χ2n) is 6.70. The van der Waals surface area contributed by atoms with Gasteiger partial charge < -0.3 is 15.2 Å². The summed E-state index contributed by atoms with van der Waals surface area (Å²) in [5.41, 5.74) is 1.44. The molecule has 1 aromatic rings. The maximum absolute atomic E-state index is 12.2. The second-order valence-corrected chi connectivity index (χ2v) is 6.70. The van der Waals surface area contributed by atoms with Gasteiger partial charge in [0.2, 0.25) is 5.91 Å². The minimum atomic E-state index is -0.973. The third-order valence-corrected chi connectivity index (χ3v) is 5.33. The van der Waals surface area contributed by atoms with E-state index in [4.69, 9.17) is 9.84 Å². The van der Waals surface area contributed by atoms with Crippen molar-refractivity contribution in [2.24, 2.45) is 11.3 Å². The molecule has 5 nitrogen and oxygen atoms in total. The third kappa shape index (κ3) is 3.19. The van der Waals surface area contributed by atoms with Crippen molar-refractivity contribution in [3.8, 4) is 5.75 Å². The molecule has 124 valence electrons. The van der Waals surface area contributed by atoms with Gasteiger partial charge in [-0.25, -0.2) is 4.79 Å². The Morgan fingerprint density at radius 3 is 2.74 bits per heavy atom. The maximum Gasteiger partial charge on any atom is 0.335 e. The van der Waals surface area contributed by atoms with E-state index < -0.39 is 5.97 Å². The zero-order valence-corrected chi connectivity index (χ0v) is 13.4. The summed E-state index contributed by atoms with van der Waals surface area (Å²) in [6.45, 7) is 0.550. The molecule has 0 heterocycles. The Morgan fingerprint density at radius 1 is 1.35 bits per heavy atom. The first-order valence-corrected chi connectivity index (χ1v) is 8.24. The molecule has 2 aliphatic carbocycles. The number of carbonyl (C=O) groups is 2. The standard InChI is InChI=1S/C18H23NO4/c1-23-15-10-13(17(21)22)5-4-12(15)6-9-19-16(20)14-11-18(14)7-2-3-8-18/h4-5,10,14H,2-3,6-9,11H2,1H3,(H,19,20)(H,21,22). The highest BCUT2D eigenvalue weighted by Gasteiger charge is 2.58. The van der Waals surface area contributed by atoms with E-state index in [1.165, 1.54) is 38.9 Å². The van der Waals surface area contributed by atoms with Gasteiger partial charge in [0.15, 0.2) is 0 Å². The molecule has 3 rings (SSSR count). The number of carbonyl (C=O) groups excluding carboxylic acids is 1. The minimum Gasteiger partial charge on any atom is -0.496 e. The zero-order chi connectivity index (χ0) is 16.4. The maximum atomic E-state index is 12.2. The molecule has 0 aliphatic heterocycles. The number of amides is 1. The third-order valence-electron chi connectivity index (χ3n) is 5.33. The largest absolute Gasteiger partial charge is 0.496 e. The summed E-state index contributed by atoms with van der Waals surface area (Å²) in [6, 6.07) is 4.84. The summed E-state index contributed by atoms with van der Waals surface area (Å²) in [5.74, 6) is -0.0362. The predicted molar refractivity (Wildman–Crippen MR) is 85.7 cm³/mol. The molecule has 0 saturated heterocycles. The van der Waals surface area contributed by atoms with Crippen molar-refractivity contribution >= 4 is 11.9 Å². The Labute approximate surface area is 136 Å². The molecule has 1 aromatic carbocycles. The summed E-state index contributed by atoms with van der Waals surface area (Å²) in [7, 11) is 1.52. The summed E-state index contributed by atoms with van der Waals surface area (Å²) >= 11 is 0. The molecule has 1 spiro atoms. The van der Waals surface area contributed by atoms with Crippen LogP contribution in [0.4, 0.5) is 0 Å². The Bertz CT molecular complexity index is 619. The summed E-state index contributed by atoms with van der Waals surface area (Å²) in [4.78, 5) is 23.2. The molecule has 2 fully saturated rings. The average Bonchev–Trinajstić information content (AvgIpc) is 3.04.